The zero-order chi connectivity index (χ0) is 13.9. The van der Waals surface area contributed by atoms with E-state index in [2.05, 4.69) is 9.69 Å². The number of hydrogen-bond acceptors (Lipinski definition) is 7. The lowest BCUT2D eigenvalue weighted by Gasteiger charge is -2.11. The van der Waals surface area contributed by atoms with Crippen LogP contribution in [0.5, 0.6) is 0 Å². The van der Waals surface area contributed by atoms with Gasteiger partial charge in [-0.2, -0.15) is 16.1 Å². The smallest absolute Gasteiger partial charge is 0.185 e. The molecule has 8 heteroatoms. The normalized spacial score (nSPS) is 19.7. The Labute approximate surface area is 122 Å². The number of aromatic nitrogens is 1. The number of thioether (sulfide) groups is 1. The minimum Gasteiger partial charge on any atom is -0.382 e. The van der Waals surface area contributed by atoms with Crippen molar-refractivity contribution in [3.05, 3.63) is 0 Å². The predicted octanol–water partition coefficient (Wildman–Crippen LogP) is 2.07. The van der Waals surface area contributed by atoms with Gasteiger partial charge in [0.25, 0.3) is 0 Å². The fourth-order valence-electron chi connectivity index (χ4n) is 2.06. The van der Waals surface area contributed by atoms with E-state index < -0.39 is 9.84 Å². The summed E-state index contributed by atoms with van der Waals surface area (Å²) in [5, 5.41) is 3.82. The van der Waals surface area contributed by atoms with E-state index in [-0.39, 0.29) is 16.5 Å². The van der Waals surface area contributed by atoms with Crippen molar-refractivity contribution in [2.45, 2.75) is 24.7 Å². The van der Waals surface area contributed by atoms with Crippen molar-refractivity contribution in [1.29, 1.82) is 0 Å². The third-order valence-electron chi connectivity index (χ3n) is 3.03. The van der Waals surface area contributed by atoms with Gasteiger partial charge in [-0.15, -0.1) is 0 Å². The first-order valence-corrected chi connectivity index (χ1v) is 9.92. The van der Waals surface area contributed by atoms with Crippen molar-refractivity contribution in [2.24, 2.45) is 5.92 Å². The minimum absolute atomic E-state index is 0.115. The molecular formula is C11H19N3O2S3. The predicted molar refractivity (Wildman–Crippen MR) is 82.8 cm³/mol. The van der Waals surface area contributed by atoms with E-state index in [0.717, 1.165) is 23.8 Å². The summed E-state index contributed by atoms with van der Waals surface area (Å²) in [6.07, 6.45) is 1.76. The molecule has 1 aromatic heterocycles. The molecule has 0 spiro atoms. The van der Waals surface area contributed by atoms with Crippen LogP contribution < -0.4 is 11.1 Å². The maximum Gasteiger partial charge on any atom is 0.185 e. The van der Waals surface area contributed by atoms with Gasteiger partial charge in [0.2, 0.25) is 0 Å². The number of nitrogens with one attached hydrogen (secondary N) is 1. The molecular weight excluding hydrogens is 302 g/mol. The number of nitrogens with zero attached hydrogens (tertiary/aromatic N) is 1. The zero-order valence-electron chi connectivity index (χ0n) is 10.9. The van der Waals surface area contributed by atoms with Gasteiger partial charge in [0.05, 0.1) is 5.75 Å². The second kappa shape index (κ2) is 6.32. The van der Waals surface area contributed by atoms with E-state index in [0.29, 0.717) is 17.3 Å². The molecule has 0 saturated carbocycles. The maximum absolute atomic E-state index is 12.2. The van der Waals surface area contributed by atoms with Crippen LogP contribution in [0, 0.1) is 5.92 Å². The molecule has 2 heterocycles. The lowest BCUT2D eigenvalue weighted by atomic mass is 10.1. The summed E-state index contributed by atoms with van der Waals surface area (Å²) in [6.45, 7) is 2.64. The molecule has 1 aliphatic heterocycles. The SMILES string of the molecule is CCCS(=O)(=O)c1c(N)nsc1NCC1CCSC1. The largest absolute Gasteiger partial charge is 0.382 e. The van der Waals surface area contributed by atoms with Gasteiger partial charge in [-0.1, -0.05) is 6.92 Å². The maximum atomic E-state index is 12.2. The van der Waals surface area contributed by atoms with Crippen LogP contribution in [-0.4, -0.2) is 36.6 Å². The van der Waals surface area contributed by atoms with Crippen LogP contribution in [0.15, 0.2) is 4.90 Å². The van der Waals surface area contributed by atoms with Crippen molar-refractivity contribution in [2.75, 3.05) is 34.9 Å². The van der Waals surface area contributed by atoms with E-state index in [1.807, 2.05) is 18.7 Å². The van der Waals surface area contributed by atoms with Gasteiger partial charge >= 0.3 is 0 Å². The molecule has 1 aromatic rings. The van der Waals surface area contributed by atoms with Crippen LogP contribution >= 0.6 is 23.3 Å². The first-order valence-electron chi connectivity index (χ1n) is 6.34. The summed E-state index contributed by atoms with van der Waals surface area (Å²) in [4.78, 5) is 0.199. The van der Waals surface area contributed by atoms with E-state index >= 15 is 0 Å². The van der Waals surface area contributed by atoms with Gasteiger partial charge in [0, 0.05) is 6.54 Å². The monoisotopic (exact) mass is 321 g/mol. The molecule has 1 aliphatic rings. The lowest BCUT2D eigenvalue weighted by Crippen LogP contribution is -2.15. The van der Waals surface area contributed by atoms with Gasteiger partial charge in [0.15, 0.2) is 15.7 Å². The Morgan fingerprint density at radius 3 is 2.95 bits per heavy atom. The van der Waals surface area contributed by atoms with Gasteiger partial charge in [0.1, 0.15) is 9.90 Å². The molecule has 19 heavy (non-hydrogen) atoms. The average Bonchev–Trinajstić information content (AvgIpc) is 2.95. The van der Waals surface area contributed by atoms with Crippen LogP contribution in [0.25, 0.3) is 0 Å². The highest BCUT2D eigenvalue weighted by Crippen LogP contribution is 2.33. The third kappa shape index (κ3) is 3.55. The molecule has 0 aromatic carbocycles. The van der Waals surface area contributed by atoms with E-state index in [1.165, 1.54) is 12.2 Å². The van der Waals surface area contributed by atoms with Gasteiger partial charge in [-0.05, 0) is 41.8 Å². The Bertz CT molecular complexity index is 521. The average molecular weight is 321 g/mol. The molecule has 5 nitrogen and oxygen atoms in total. The Kier molecular flexibility index (Phi) is 4.97. The summed E-state index contributed by atoms with van der Waals surface area (Å²) in [7, 11) is -3.32. The first-order chi connectivity index (χ1) is 9.04. The molecule has 0 aliphatic carbocycles. The highest BCUT2D eigenvalue weighted by molar-refractivity contribution is 7.99. The van der Waals surface area contributed by atoms with Gasteiger partial charge in [-0.25, -0.2) is 8.42 Å². The number of nitrogens with two attached hydrogens (primary N) is 1. The van der Waals surface area contributed by atoms with Crippen LogP contribution in [0.2, 0.25) is 0 Å². The van der Waals surface area contributed by atoms with Crippen molar-refractivity contribution in [3.8, 4) is 0 Å². The number of rotatable bonds is 6. The molecule has 0 radical (unpaired) electrons. The molecule has 108 valence electrons. The number of anilines is 2. The fraction of sp³-hybridized carbons (Fsp3) is 0.727. The number of nitrogen functional groups attached to an aromatic ring is 1. The molecule has 1 unspecified atom stereocenters. The lowest BCUT2D eigenvalue weighted by molar-refractivity contribution is 0.595. The molecule has 0 bridgehead atoms. The summed E-state index contributed by atoms with van der Waals surface area (Å²) >= 11 is 3.09. The first kappa shape index (κ1) is 14.9. The summed E-state index contributed by atoms with van der Waals surface area (Å²) in [5.41, 5.74) is 5.72. The van der Waals surface area contributed by atoms with E-state index in [1.54, 1.807) is 0 Å². The van der Waals surface area contributed by atoms with Crippen LogP contribution in [0.4, 0.5) is 10.8 Å². The number of hydrogen-bond donors (Lipinski definition) is 2. The molecule has 3 N–H and O–H groups in total. The van der Waals surface area contributed by atoms with Crippen molar-refractivity contribution < 1.29 is 8.42 Å². The van der Waals surface area contributed by atoms with Crippen LogP contribution in [-0.2, 0) is 9.84 Å². The fourth-order valence-corrected chi connectivity index (χ4v) is 5.97. The Balaban J connectivity index is 2.12. The molecule has 1 atom stereocenters. The topological polar surface area (TPSA) is 85.1 Å². The standard InChI is InChI=1S/C11H19N3O2S3/c1-2-5-19(15,16)9-10(12)14-18-11(9)13-6-8-3-4-17-7-8/h8,13H,2-7H2,1H3,(H2,12,14). The Hall–Kier alpha value is -0.470. The summed E-state index contributed by atoms with van der Waals surface area (Å²) < 4.78 is 28.3. The third-order valence-corrected chi connectivity index (χ3v) is 7.19. The van der Waals surface area contributed by atoms with Gasteiger partial charge in [-0.3, -0.25) is 0 Å². The Morgan fingerprint density at radius 2 is 2.32 bits per heavy atom. The van der Waals surface area contributed by atoms with Crippen LogP contribution in [0.1, 0.15) is 19.8 Å². The number of sulfone groups is 1. The summed E-state index contributed by atoms with van der Waals surface area (Å²) in [6, 6.07) is 0. The highest BCUT2D eigenvalue weighted by Gasteiger charge is 2.25. The van der Waals surface area contributed by atoms with Crippen molar-refractivity contribution in [1.82, 2.24) is 4.37 Å². The molecule has 2 rings (SSSR count). The van der Waals surface area contributed by atoms with E-state index in [4.69, 9.17) is 5.73 Å². The minimum atomic E-state index is -3.32. The quantitative estimate of drug-likeness (QED) is 0.834. The molecule has 1 fully saturated rings. The van der Waals surface area contributed by atoms with E-state index in [9.17, 15) is 8.42 Å². The summed E-state index contributed by atoms with van der Waals surface area (Å²) in [5.74, 6) is 3.18. The second-order valence-corrected chi connectivity index (χ2v) is 8.62. The van der Waals surface area contributed by atoms with Crippen LogP contribution in [0.3, 0.4) is 0 Å². The van der Waals surface area contributed by atoms with Crippen molar-refractivity contribution >= 4 is 44.0 Å². The second-order valence-electron chi connectivity index (χ2n) is 4.66. The zero-order valence-corrected chi connectivity index (χ0v) is 13.3. The molecule has 1 saturated heterocycles. The Morgan fingerprint density at radius 1 is 1.53 bits per heavy atom. The van der Waals surface area contributed by atoms with Crippen molar-refractivity contribution in [3.63, 3.8) is 0 Å². The molecule has 0 amide bonds. The highest BCUT2D eigenvalue weighted by atomic mass is 32.2. The van der Waals surface area contributed by atoms with Gasteiger partial charge < -0.3 is 11.1 Å².